The summed E-state index contributed by atoms with van der Waals surface area (Å²) in [4.78, 5) is 29.0. The number of piperidine rings is 1. The van der Waals surface area contributed by atoms with E-state index in [-0.39, 0.29) is 18.4 Å². The highest BCUT2D eigenvalue weighted by molar-refractivity contribution is 5.88. The molecule has 0 aliphatic carbocycles. The van der Waals surface area contributed by atoms with Crippen molar-refractivity contribution in [2.75, 3.05) is 26.2 Å². The van der Waals surface area contributed by atoms with E-state index in [9.17, 15) is 22.8 Å². The summed E-state index contributed by atoms with van der Waals surface area (Å²) in [7, 11) is 0. The van der Waals surface area contributed by atoms with Gasteiger partial charge >= 0.3 is 6.18 Å². The number of rotatable bonds is 4. The lowest BCUT2D eigenvalue weighted by Gasteiger charge is -2.40. The van der Waals surface area contributed by atoms with Crippen LogP contribution in [0.1, 0.15) is 56.3 Å². The molecule has 1 aromatic rings. The molecule has 0 bridgehead atoms. The van der Waals surface area contributed by atoms with Gasteiger partial charge in [-0.1, -0.05) is 19.1 Å². The van der Waals surface area contributed by atoms with Gasteiger partial charge in [-0.3, -0.25) is 9.59 Å². The minimum absolute atomic E-state index is 0.0121. The number of morpholine rings is 1. The van der Waals surface area contributed by atoms with Crippen LogP contribution in [0, 0.1) is 0 Å². The van der Waals surface area contributed by atoms with Gasteiger partial charge in [-0.15, -0.1) is 0 Å². The molecule has 0 aromatic heterocycles. The zero-order chi connectivity index (χ0) is 21.0. The van der Waals surface area contributed by atoms with Gasteiger partial charge in [0.1, 0.15) is 12.1 Å². The molecule has 5 nitrogen and oxygen atoms in total. The Morgan fingerprint density at radius 2 is 1.86 bits per heavy atom. The lowest BCUT2D eigenvalue weighted by atomic mass is 9.99. The maximum absolute atomic E-state index is 13.2. The second kappa shape index (κ2) is 9.15. The molecule has 0 saturated carbocycles. The van der Waals surface area contributed by atoms with Crippen LogP contribution in [0.5, 0.6) is 0 Å². The molecular formula is C21H27F3N2O3. The molecule has 3 rings (SSSR count). The number of ether oxygens (including phenoxy) is 1. The van der Waals surface area contributed by atoms with Crippen molar-refractivity contribution in [3.8, 4) is 0 Å². The Hall–Kier alpha value is -2.09. The van der Waals surface area contributed by atoms with Gasteiger partial charge < -0.3 is 14.5 Å². The van der Waals surface area contributed by atoms with E-state index in [1.54, 1.807) is 9.80 Å². The summed E-state index contributed by atoms with van der Waals surface area (Å²) in [6, 6.07) is 4.42. The third-order valence-electron chi connectivity index (χ3n) is 5.56. The first kappa shape index (κ1) is 21.6. The number of benzene rings is 1. The number of alkyl halides is 3. The van der Waals surface area contributed by atoms with Gasteiger partial charge in [-0.2, -0.15) is 13.2 Å². The Morgan fingerprint density at radius 1 is 1.14 bits per heavy atom. The topological polar surface area (TPSA) is 49.9 Å². The fourth-order valence-corrected chi connectivity index (χ4v) is 3.99. The molecule has 2 amide bonds. The number of likely N-dealkylation sites (tertiary alicyclic amines) is 1. The summed E-state index contributed by atoms with van der Waals surface area (Å²) >= 11 is 0. The summed E-state index contributed by atoms with van der Waals surface area (Å²) in [6.07, 6.45) is -1.24. The van der Waals surface area contributed by atoms with Gasteiger partial charge in [0.15, 0.2) is 0 Å². The van der Waals surface area contributed by atoms with Crippen molar-refractivity contribution in [1.29, 1.82) is 0 Å². The fourth-order valence-electron chi connectivity index (χ4n) is 3.99. The summed E-state index contributed by atoms with van der Waals surface area (Å²) in [5.74, 6) is -0.0764. The molecule has 2 saturated heterocycles. The lowest BCUT2D eigenvalue weighted by molar-refractivity contribution is -0.152. The van der Waals surface area contributed by atoms with E-state index >= 15 is 0 Å². The van der Waals surface area contributed by atoms with E-state index in [1.807, 2.05) is 6.92 Å². The molecule has 2 atom stereocenters. The Labute approximate surface area is 168 Å². The molecule has 2 heterocycles. The second-order valence-corrected chi connectivity index (χ2v) is 7.61. The molecule has 0 spiro atoms. The van der Waals surface area contributed by atoms with E-state index in [2.05, 4.69) is 0 Å². The minimum Gasteiger partial charge on any atom is -0.370 e. The average Bonchev–Trinajstić information content (AvgIpc) is 2.73. The monoisotopic (exact) mass is 412 g/mol. The van der Waals surface area contributed by atoms with Crippen LogP contribution in [0.2, 0.25) is 0 Å². The molecule has 160 valence electrons. The van der Waals surface area contributed by atoms with Crippen LogP contribution >= 0.6 is 0 Å². The highest BCUT2D eigenvalue weighted by atomic mass is 19.4. The lowest BCUT2D eigenvalue weighted by Crippen LogP contribution is -2.55. The number of carbonyl (C=O) groups excluding carboxylic acids is 2. The number of nitrogens with zero attached hydrogens (tertiary/aromatic N) is 2. The minimum atomic E-state index is -4.39. The van der Waals surface area contributed by atoms with Crippen LogP contribution in [0.3, 0.4) is 0 Å². The van der Waals surface area contributed by atoms with Crippen molar-refractivity contribution in [2.45, 2.75) is 57.3 Å². The Balaban J connectivity index is 1.69. The number of carbonyl (C=O) groups is 2. The van der Waals surface area contributed by atoms with E-state index < -0.39 is 23.9 Å². The van der Waals surface area contributed by atoms with E-state index in [0.29, 0.717) is 38.1 Å². The van der Waals surface area contributed by atoms with Gasteiger partial charge in [0, 0.05) is 19.5 Å². The molecule has 2 aliphatic rings. The van der Waals surface area contributed by atoms with Crippen molar-refractivity contribution in [2.24, 2.45) is 0 Å². The van der Waals surface area contributed by atoms with Gasteiger partial charge in [0.05, 0.1) is 18.7 Å². The zero-order valence-corrected chi connectivity index (χ0v) is 16.6. The third kappa shape index (κ3) is 5.10. The van der Waals surface area contributed by atoms with Crippen molar-refractivity contribution in [3.05, 3.63) is 35.4 Å². The maximum atomic E-state index is 13.2. The van der Waals surface area contributed by atoms with Gasteiger partial charge in [0.25, 0.3) is 0 Å². The van der Waals surface area contributed by atoms with Crippen LogP contribution in [0.4, 0.5) is 13.2 Å². The zero-order valence-electron chi connectivity index (χ0n) is 16.6. The maximum Gasteiger partial charge on any atom is 0.416 e. The van der Waals surface area contributed by atoms with Crippen molar-refractivity contribution < 1.29 is 27.5 Å². The summed E-state index contributed by atoms with van der Waals surface area (Å²) in [5, 5.41) is 0. The van der Waals surface area contributed by atoms with E-state index in [1.165, 1.54) is 12.1 Å². The van der Waals surface area contributed by atoms with Crippen LogP contribution in [0.25, 0.3) is 0 Å². The molecule has 0 N–H and O–H groups in total. The molecule has 8 heteroatoms. The first-order chi connectivity index (χ1) is 13.8. The Bertz CT molecular complexity index is 721. The summed E-state index contributed by atoms with van der Waals surface area (Å²) < 4.78 is 44.0. The Kier molecular flexibility index (Phi) is 6.82. The summed E-state index contributed by atoms with van der Waals surface area (Å²) in [6.45, 7) is 3.54. The normalized spacial score (nSPS) is 23.2. The molecule has 0 radical (unpaired) electrons. The van der Waals surface area contributed by atoms with Crippen molar-refractivity contribution in [3.63, 3.8) is 0 Å². The van der Waals surface area contributed by atoms with Crippen molar-refractivity contribution >= 4 is 11.8 Å². The van der Waals surface area contributed by atoms with Crippen LogP contribution in [-0.2, 0) is 20.5 Å². The molecule has 2 fully saturated rings. The molecule has 0 unspecified atom stereocenters. The first-order valence-corrected chi connectivity index (χ1v) is 10.2. The quantitative estimate of drug-likeness (QED) is 0.756. The smallest absolute Gasteiger partial charge is 0.370 e. The van der Waals surface area contributed by atoms with E-state index in [0.717, 1.165) is 31.4 Å². The fraction of sp³-hybridized carbons (Fsp3) is 0.619. The SMILES string of the molecule is CCCC(=O)N1CCCC[C@H]1C(=O)N1CCO[C@H](c2ccc(C(F)(F)F)cc2)C1. The van der Waals surface area contributed by atoms with E-state index in [4.69, 9.17) is 4.74 Å². The molecule has 1 aromatic carbocycles. The van der Waals surface area contributed by atoms with Gasteiger partial charge in [-0.25, -0.2) is 0 Å². The molecule has 29 heavy (non-hydrogen) atoms. The third-order valence-corrected chi connectivity index (χ3v) is 5.56. The predicted octanol–water partition coefficient (Wildman–Crippen LogP) is 3.79. The highest BCUT2D eigenvalue weighted by Crippen LogP contribution is 2.31. The largest absolute Gasteiger partial charge is 0.416 e. The number of halogens is 3. The first-order valence-electron chi connectivity index (χ1n) is 10.2. The van der Waals surface area contributed by atoms with Crippen LogP contribution < -0.4 is 0 Å². The summed E-state index contributed by atoms with van der Waals surface area (Å²) in [5.41, 5.74) is -0.102. The Morgan fingerprint density at radius 3 is 2.52 bits per heavy atom. The van der Waals surface area contributed by atoms with Crippen LogP contribution in [-0.4, -0.2) is 53.9 Å². The van der Waals surface area contributed by atoms with Crippen molar-refractivity contribution in [1.82, 2.24) is 9.80 Å². The molecular weight excluding hydrogens is 385 g/mol. The second-order valence-electron chi connectivity index (χ2n) is 7.61. The highest BCUT2D eigenvalue weighted by Gasteiger charge is 2.37. The standard InChI is InChI=1S/C21H27F3N2O3/c1-2-5-19(27)26-11-4-3-6-17(26)20(28)25-12-13-29-18(14-25)15-7-9-16(10-8-15)21(22,23)24/h7-10,17-18H,2-6,11-14H2,1H3/t17-,18-/m0/s1. The average molecular weight is 412 g/mol. The number of hydrogen-bond acceptors (Lipinski definition) is 3. The molecule has 2 aliphatic heterocycles. The van der Waals surface area contributed by atoms with Gasteiger partial charge in [-0.05, 0) is 43.4 Å². The number of amides is 2. The number of hydrogen-bond donors (Lipinski definition) is 0. The van der Waals surface area contributed by atoms with Crippen LogP contribution in [0.15, 0.2) is 24.3 Å². The predicted molar refractivity (Wildman–Crippen MR) is 101 cm³/mol. The van der Waals surface area contributed by atoms with Gasteiger partial charge in [0.2, 0.25) is 11.8 Å².